The van der Waals surface area contributed by atoms with Crippen molar-refractivity contribution >= 4 is 24.0 Å². The molecule has 24 heavy (non-hydrogen) atoms. The zero-order valence-electron chi connectivity index (χ0n) is 13.2. The highest BCUT2D eigenvalue weighted by molar-refractivity contribution is 5.85. The summed E-state index contributed by atoms with van der Waals surface area (Å²) in [5.74, 6) is 1.44. The van der Waals surface area contributed by atoms with Crippen LogP contribution in [0.4, 0.5) is 5.69 Å². The molecule has 0 aromatic heterocycles. The van der Waals surface area contributed by atoms with Gasteiger partial charge in [0.2, 0.25) is 5.91 Å². The Balaban J connectivity index is 0.00000208. The highest BCUT2D eigenvalue weighted by Crippen LogP contribution is 2.30. The minimum absolute atomic E-state index is 0. The number of nitrogens with one attached hydrogen (secondary N) is 1. The number of rotatable bonds is 5. The normalized spacial score (nSPS) is 15.2. The lowest BCUT2D eigenvalue weighted by atomic mass is 10.1. The first-order valence-electron chi connectivity index (χ1n) is 7.71. The summed E-state index contributed by atoms with van der Waals surface area (Å²) < 4.78 is 11.4. The van der Waals surface area contributed by atoms with Gasteiger partial charge in [0.1, 0.15) is 12.7 Å². The summed E-state index contributed by atoms with van der Waals surface area (Å²) in [5.41, 5.74) is 7.59. The molecular formula is C18H21ClN2O3. The van der Waals surface area contributed by atoms with E-state index in [1.807, 2.05) is 48.5 Å². The first-order valence-corrected chi connectivity index (χ1v) is 7.71. The second kappa shape index (κ2) is 8.45. The molecule has 5 nitrogen and oxygen atoms in total. The Morgan fingerprint density at radius 1 is 1.12 bits per heavy atom. The SMILES string of the molecule is Cl.Nc1ccccc1CCC(=O)NCC1COc2ccccc2O1. The van der Waals surface area contributed by atoms with Crippen molar-refractivity contribution in [2.45, 2.75) is 18.9 Å². The number of para-hydroxylation sites is 3. The first kappa shape index (κ1) is 17.9. The molecule has 3 rings (SSSR count). The van der Waals surface area contributed by atoms with Crippen LogP contribution < -0.4 is 20.5 Å². The van der Waals surface area contributed by atoms with Crippen LogP contribution in [0, 0.1) is 0 Å². The van der Waals surface area contributed by atoms with E-state index < -0.39 is 0 Å². The maximum absolute atomic E-state index is 12.0. The summed E-state index contributed by atoms with van der Waals surface area (Å²) in [4.78, 5) is 12.0. The third-order valence-corrected chi connectivity index (χ3v) is 3.77. The maximum Gasteiger partial charge on any atom is 0.220 e. The molecule has 0 bridgehead atoms. The molecule has 0 aliphatic carbocycles. The molecule has 128 valence electrons. The van der Waals surface area contributed by atoms with Gasteiger partial charge in [0, 0.05) is 12.1 Å². The lowest BCUT2D eigenvalue weighted by Gasteiger charge is -2.26. The predicted molar refractivity (Wildman–Crippen MR) is 95.8 cm³/mol. The highest BCUT2D eigenvalue weighted by atomic mass is 35.5. The number of amides is 1. The minimum atomic E-state index is -0.171. The molecule has 2 aromatic rings. The van der Waals surface area contributed by atoms with Gasteiger partial charge < -0.3 is 20.5 Å². The van der Waals surface area contributed by atoms with E-state index in [9.17, 15) is 4.79 Å². The van der Waals surface area contributed by atoms with E-state index in [-0.39, 0.29) is 24.4 Å². The number of carbonyl (C=O) groups is 1. The van der Waals surface area contributed by atoms with Gasteiger partial charge >= 0.3 is 0 Å². The van der Waals surface area contributed by atoms with Crippen LogP contribution in [-0.4, -0.2) is 25.2 Å². The van der Waals surface area contributed by atoms with Crippen molar-refractivity contribution in [1.29, 1.82) is 0 Å². The van der Waals surface area contributed by atoms with Gasteiger partial charge in [0.05, 0.1) is 6.54 Å². The second-order valence-corrected chi connectivity index (χ2v) is 5.50. The number of halogens is 1. The fourth-order valence-electron chi connectivity index (χ4n) is 2.49. The van der Waals surface area contributed by atoms with Crippen LogP contribution in [0.25, 0.3) is 0 Å². The van der Waals surface area contributed by atoms with E-state index in [1.165, 1.54) is 0 Å². The van der Waals surface area contributed by atoms with Crippen molar-refractivity contribution < 1.29 is 14.3 Å². The van der Waals surface area contributed by atoms with E-state index >= 15 is 0 Å². The molecule has 2 aromatic carbocycles. The Morgan fingerprint density at radius 2 is 1.83 bits per heavy atom. The van der Waals surface area contributed by atoms with Crippen LogP contribution in [0.15, 0.2) is 48.5 Å². The lowest BCUT2D eigenvalue weighted by molar-refractivity contribution is -0.121. The Labute approximate surface area is 147 Å². The third kappa shape index (κ3) is 4.55. The smallest absolute Gasteiger partial charge is 0.220 e. The fourth-order valence-corrected chi connectivity index (χ4v) is 2.49. The summed E-state index contributed by atoms with van der Waals surface area (Å²) in [7, 11) is 0. The van der Waals surface area contributed by atoms with Gasteiger partial charge in [-0.3, -0.25) is 4.79 Å². The van der Waals surface area contributed by atoms with Gasteiger partial charge in [-0.2, -0.15) is 0 Å². The van der Waals surface area contributed by atoms with E-state index in [4.69, 9.17) is 15.2 Å². The van der Waals surface area contributed by atoms with Crippen LogP contribution in [0.2, 0.25) is 0 Å². The average Bonchev–Trinajstić information content (AvgIpc) is 2.59. The standard InChI is InChI=1S/C18H20N2O3.ClH/c19-15-6-2-1-5-13(15)9-10-18(21)20-11-14-12-22-16-7-3-4-8-17(16)23-14;/h1-8,14H,9-12,19H2,(H,20,21);1H. The van der Waals surface area contributed by atoms with Crippen LogP contribution in [0.1, 0.15) is 12.0 Å². The van der Waals surface area contributed by atoms with Crippen LogP contribution in [-0.2, 0) is 11.2 Å². The maximum atomic E-state index is 12.0. The summed E-state index contributed by atoms with van der Waals surface area (Å²) in [6, 6.07) is 15.1. The number of hydrogen-bond donors (Lipinski definition) is 2. The quantitative estimate of drug-likeness (QED) is 0.814. The van der Waals surface area contributed by atoms with Gasteiger partial charge in [-0.25, -0.2) is 0 Å². The largest absolute Gasteiger partial charge is 0.486 e. The van der Waals surface area contributed by atoms with Crippen molar-refractivity contribution in [3.8, 4) is 11.5 Å². The van der Waals surface area contributed by atoms with Crippen molar-refractivity contribution in [2.75, 3.05) is 18.9 Å². The van der Waals surface area contributed by atoms with E-state index in [1.54, 1.807) is 0 Å². The van der Waals surface area contributed by atoms with Gasteiger partial charge in [-0.15, -0.1) is 12.4 Å². The monoisotopic (exact) mass is 348 g/mol. The molecule has 0 spiro atoms. The number of fused-ring (bicyclic) bond motifs is 1. The van der Waals surface area contributed by atoms with Crippen LogP contribution >= 0.6 is 12.4 Å². The van der Waals surface area contributed by atoms with Crippen molar-refractivity contribution in [1.82, 2.24) is 5.32 Å². The second-order valence-electron chi connectivity index (χ2n) is 5.50. The van der Waals surface area contributed by atoms with Crippen LogP contribution in [0.5, 0.6) is 11.5 Å². The van der Waals surface area contributed by atoms with Gasteiger partial charge in [-0.1, -0.05) is 30.3 Å². The number of ether oxygens (including phenoxy) is 2. The molecule has 1 unspecified atom stereocenters. The number of nitrogen functional groups attached to an aromatic ring is 1. The number of benzene rings is 2. The first-order chi connectivity index (χ1) is 11.2. The Hall–Kier alpha value is -2.40. The molecule has 6 heteroatoms. The molecule has 0 saturated heterocycles. The van der Waals surface area contributed by atoms with E-state index in [0.717, 1.165) is 22.7 Å². The molecule has 1 heterocycles. The van der Waals surface area contributed by atoms with Gasteiger partial charge in [0.15, 0.2) is 11.5 Å². The van der Waals surface area contributed by atoms with Crippen LogP contribution in [0.3, 0.4) is 0 Å². The molecule has 1 atom stereocenters. The van der Waals surface area contributed by atoms with Gasteiger partial charge in [-0.05, 0) is 30.2 Å². The van der Waals surface area contributed by atoms with Crippen molar-refractivity contribution in [2.24, 2.45) is 0 Å². The summed E-state index contributed by atoms with van der Waals surface area (Å²) in [5, 5.41) is 2.89. The molecular weight excluding hydrogens is 328 g/mol. The molecule has 0 radical (unpaired) electrons. The number of nitrogens with two attached hydrogens (primary N) is 1. The average molecular weight is 349 g/mol. The zero-order valence-corrected chi connectivity index (χ0v) is 14.1. The molecule has 3 N–H and O–H groups in total. The number of anilines is 1. The highest BCUT2D eigenvalue weighted by Gasteiger charge is 2.20. The molecule has 0 saturated carbocycles. The van der Waals surface area contributed by atoms with Gasteiger partial charge in [0.25, 0.3) is 0 Å². The third-order valence-electron chi connectivity index (χ3n) is 3.77. The Bertz CT molecular complexity index is 693. The summed E-state index contributed by atoms with van der Waals surface area (Å²) in [6.45, 7) is 0.861. The zero-order chi connectivity index (χ0) is 16.1. The number of hydrogen-bond acceptors (Lipinski definition) is 4. The Kier molecular flexibility index (Phi) is 6.32. The lowest BCUT2D eigenvalue weighted by Crippen LogP contribution is -2.40. The number of carbonyl (C=O) groups excluding carboxylic acids is 1. The van der Waals surface area contributed by atoms with E-state index in [0.29, 0.717) is 26.0 Å². The topological polar surface area (TPSA) is 73.6 Å². The predicted octanol–water partition coefficient (Wildman–Crippen LogP) is 2.58. The molecule has 0 fully saturated rings. The molecule has 1 aliphatic heterocycles. The molecule has 1 aliphatic rings. The Morgan fingerprint density at radius 3 is 2.62 bits per heavy atom. The fraction of sp³-hybridized carbons (Fsp3) is 0.278. The minimum Gasteiger partial charge on any atom is -0.486 e. The number of aryl methyl sites for hydroxylation is 1. The van der Waals surface area contributed by atoms with E-state index in [2.05, 4.69) is 5.32 Å². The summed E-state index contributed by atoms with van der Waals surface area (Å²) >= 11 is 0. The van der Waals surface area contributed by atoms with Crippen molar-refractivity contribution in [3.63, 3.8) is 0 Å². The summed E-state index contributed by atoms with van der Waals surface area (Å²) in [6.07, 6.45) is 0.859. The molecule has 1 amide bonds. The van der Waals surface area contributed by atoms with Crippen molar-refractivity contribution in [3.05, 3.63) is 54.1 Å².